The maximum Gasteiger partial charge on any atom is 0.274 e. The fraction of sp³-hybridized carbons (Fsp3) is 0.432. The molecule has 0 radical (unpaired) electrons. The van der Waals surface area contributed by atoms with E-state index in [2.05, 4.69) is 24.7 Å². The first-order valence-corrected chi connectivity index (χ1v) is 17.2. The predicted molar refractivity (Wildman–Crippen MR) is 185 cm³/mol. The van der Waals surface area contributed by atoms with E-state index in [1.807, 2.05) is 31.3 Å². The van der Waals surface area contributed by atoms with Crippen LogP contribution in [0.15, 0.2) is 53.6 Å². The summed E-state index contributed by atoms with van der Waals surface area (Å²) in [6, 6.07) is 11.2. The van der Waals surface area contributed by atoms with Gasteiger partial charge in [-0.1, -0.05) is 0 Å². The number of carbonyl (C=O) groups excluding carboxylic acids is 1. The minimum Gasteiger partial charge on any atom is -0.378 e. The number of nitrogens with zero attached hydrogens (tertiary/aromatic N) is 6. The summed E-state index contributed by atoms with van der Waals surface area (Å²) in [6.45, 7) is 8.71. The molecule has 3 aliphatic heterocycles. The van der Waals surface area contributed by atoms with Crippen LogP contribution in [-0.4, -0.2) is 76.9 Å². The molecule has 1 aliphatic carbocycles. The zero-order valence-electron chi connectivity index (χ0n) is 27.7. The number of amides is 1. The molecule has 0 spiro atoms. The van der Waals surface area contributed by atoms with Gasteiger partial charge in [-0.2, -0.15) is 0 Å². The second kappa shape index (κ2) is 12.5. The van der Waals surface area contributed by atoms with Gasteiger partial charge in [0.15, 0.2) is 0 Å². The Labute approximate surface area is 279 Å². The maximum absolute atomic E-state index is 15.3. The Hall–Kier alpha value is -4.48. The summed E-state index contributed by atoms with van der Waals surface area (Å²) in [6.07, 6.45) is 8.95. The number of carbonyl (C=O) groups is 1. The molecule has 1 aromatic carbocycles. The maximum atomic E-state index is 15.3. The molecule has 11 heteroatoms. The van der Waals surface area contributed by atoms with Crippen molar-refractivity contribution in [2.45, 2.75) is 51.6 Å². The van der Waals surface area contributed by atoms with Crippen LogP contribution in [0, 0.1) is 12.7 Å². The Morgan fingerprint density at radius 2 is 1.79 bits per heavy atom. The van der Waals surface area contributed by atoms with Crippen molar-refractivity contribution in [1.82, 2.24) is 19.0 Å². The van der Waals surface area contributed by atoms with Crippen LogP contribution in [0.1, 0.15) is 46.6 Å². The van der Waals surface area contributed by atoms with Crippen molar-refractivity contribution in [3.05, 3.63) is 87.5 Å². The molecule has 0 saturated carbocycles. The van der Waals surface area contributed by atoms with E-state index < -0.39 is 5.82 Å². The van der Waals surface area contributed by atoms with Crippen LogP contribution in [0.4, 0.5) is 27.3 Å². The van der Waals surface area contributed by atoms with E-state index in [0.29, 0.717) is 53.1 Å². The first-order chi connectivity index (χ1) is 23.3. The minimum absolute atomic E-state index is 0.0990. The molecule has 8 rings (SSSR count). The summed E-state index contributed by atoms with van der Waals surface area (Å²) >= 11 is 0. The average Bonchev–Trinajstić information content (AvgIpc) is 3.28. The largest absolute Gasteiger partial charge is 0.378 e. The van der Waals surface area contributed by atoms with E-state index in [1.54, 1.807) is 24.2 Å². The van der Waals surface area contributed by atoms with Crippen LogP contribution >= 0.6 is 0 Å². The van der Waals surface area contributed by atoms with Gasteiger partial charge in [-0.05, 0) is 92.1 Å². The summed E-state index contributed by atoms with van der Waals surface area (Å²) < 4.78 is 24.4. The molecule has 0 unspecified atom stereocenters. The zero-order chi connectivity index (χ0) is 32.9. The van der Waals surface area contributed by atoms with Crippen molar-refractivity contribution in [2.75, 3.05) is 61.1 Å². The number of benzene rings is 1. The number of hydrogen-bond donors (Lipinski definition) is 1. The lowest BCUT2D eigenvalue weighted by Gasteiger charge is -2.36. The highest BCUT2D eigenvalue weighted by molar-refractivity contribution is 6.07. The lowest BCUT2D eigenvalue weighted by molar-refractivity contribution is -0.0625. The van der Waals surface area contributed by atoms with Crippen molar-refractivity contribution in [1.29, 1.82) is 0 Å². The molecule has 3 aromatic heterocycles. The Kier molecular flexibility index (Phi) is 8.04. The summed E-state index contributed by atoms with van der Waals surface area (Å²) in [5.41, 5.74) is 7.04. The van der Waals surface area contributed by atoms with Crippen molar-refractivity contribution in [3.8, 4) is 11.1 Å². The van der Waals surface area contributed by atoms with Crippen molar-refractivity contribution >= 4 is 28.8 Å². The lowest BCUT2D eigenvalue weighted by atomic mass is 9.98. The van der Waals surface area contributed by atoms with Crippen LogP contribution in [0.3, 0.4) is 0 Å². The molecular weight excluding hydrogens is 609 g/mol. The van der Waals surface area contributed by atoms with Crippen molar-refractivity contribution in [2.24, 2.45) is 7.05 Å². The first kappa shape index (κ1) is 30.8. The molecule has 1 N–H and O–H groups in total. The SMILES string of the molecule is Cc1c(-c2cc(Nc3ccc(N4CCCN(C5COC5)CC4)cn3)c(=O)n(C)c2)cc(F)cc1N1CCn2c(cc3c2CCCC3)C1=O. The Balaban J connectivity index is 1.04. The second-order valence-corrected chi connectivity index (χ2v) is 13.6. The van der Waals surface area contributed by atoms with Gasteiger partial charge in [-0.15, -0.1) is 0 Å². The first-order valence-electron chi connectivity index (χ1n) is 17.2. The molecule has 4 aromatic rings. The molecule has 2 fully saturated rings. The Morgan fingerprint density at radius 1 is 0.938 bits per heavy atom. The number of aromatic nitrogens is 3. The van der Waals surface area contributed by atoms with E-state index >= 15 is 4.39 Å². The molecule has 250 valence electrons. The Bertz CT molecular complexity index is 1930. The van der Waals surface area contributed by atoms with Crippen LogP contribution in [0.5, 0.6) is 0 Å². The van der Waals surface area contributed by atoms with Crippen LogP contribution in [0.2, 0.25) is 0 Å². The quantitative estimate of drug-likeness (QED) is 0.318. The molecule has 0 bridgehead atoms. The van der Waals surface area contributed by atoms with Gasteiger partial charge in [0.05, 0.1) is 36.8 Å². The van der Waals surface area contributed by atoms with Gasteiger partial charge in [-0.25, -0.2) is 9.37 Å². The lowest BCUT2D eigenvalue weighted by Crippen LogP contribution is -2.50. The van der Waals surface area contributed by atoms with E-state index in [1.165, 1.54) is 28.0 Å². The minimum atomic E-state index is -0.433. The van der Waals surface area contributed by atoms with E-state index in [-0.39, 0.29) is 11.5 Å². The van der Waals surface area contributed by atoms with Gasteiger partial charge in [0, 0.05) is 63.8 Å². The van der Waals surface area contributed by atoms with Gasteiger partial charge in [-0.3, -0.25) is 14.5 Å². The van der Waals surface area contributed by atoms with Crippen LogP contribution in [-0.2, 0) is 31.2 Å². The average molecular weight is 652 g/mol. The summed E-state index contributed by atoms with van der Waals surface area (Å²) in [7, 11) is 1.69. The van der Waals surface area contributed by atoms with Crippen molar-refractivity contribution in [3.63, 3.8) is 0 Å². The van der Waals surface area contributed by atoms with Gasteiger partial charge in [0.25, 0.3) is 11.5 Å². The number of anilines is 4. The van der Waals surface area contributed by atoms with Gasteiger partial charge in [0.2, 0.25) is 0 Å². The number of halogens is 1. The highest BCUT2D eigenvalue weighted by Crippen LogP contribution is 2.36. The standard InChI is InChI=1S/C37H42FN7O3/c1-24-30(18-27(38)19-33(24)45-15-14-44-32-7-4-3-6-25(32)17-34(44)37(45)47)26-16-31(36(46)41(2)21-26)40-35-9-8-28(20-39-35)42-10-5-11-43(13-12-42)29-22-48-23-29/h8-9,16-21,29H,3-7,10-15,22-23H2,1-2H3,(H,39,40). The van der Waals surface area contributed by atoms with Gasteiger partial charge in [0.1, 0.15) is 23.0 Å². The number of ether oxygens (including phenoxy) is 1. The number of fused-ring (bicyclic) bond motifs is 3. The molecule has 6 heterocycles. The summed E-state index contributed by atoms with van der Waals surface area (Å²) in [4.78, 5) is 38.3. The van der Waals surface area contributed by atoms with Gasteiger partial charge >= 0.3 is 0 Å². The molecular formula is C37H42FN7O3. The highest BCUT2D eigenvalue weighted by atomic mass is 19.1. The topological polar surface area (TPSA) is 87.9 Å². The summed E-state index contributed by atoms with van der Waals surface area (Å²) in [5, 5.41) is 3.21. The third kappa shape index (κ3) is 5.58. The third-order valence-corrected chi connectivity index (χ3v) is 10.6. The number of rotatable bonds is 6. The number of nitrogens with one attached hydrogen (secondary N) is 1. The normalized spacial score (nSPS) is 18.7. The second-order valence-electron chi connectivity index (χ2n) is 13.6. The predicted octanol–water partition coefficient (Wildman–Crippen LogP) is 4.89. The van der Waals surface area contributed by atoms with Crippen LogP contribution < -0.4 is 20.7 Å². The number of pyridine rings is 2. The number of hydrogen-bond acceptors (Lipinski definition) is 7. The highest BCUT2D eigenvalue weighted by Gasteiger charge is 2.32. The van der Waals surface area contributed by atoms with Gasteiger partial charge < -0.3 is 29.0 Å². The molecule has 48 heavy (non-hydrogen) atoms. The van der Waals surface area contributed by atoms with E-state index in [9.17, 15) is 9.59 Å². The van der Waals surface area contributed by atoms with E-state index in [4.69, 9.17) is 4.74 Å². The third-order valence-electron chi connectivity index (χ3n) is 10.6. The molecule has 1 amide bonds. The molecule has 10 nitrogen and oxygen atoms in total. The molecule has 4 aliphatic rings. The van der Waals surface area contributed by atoms with Crippen molar-refractivity contribution < 1.29 is 13.9 Å². The van der Waals surface area contributed by atoms with E-state index in [0.717, 1.165) is 82.7 Å². The monoisotopic (exact) mass is 651 g/mol. The molecule has 2 saturated heterocycles. The fourth-order valence-corrected chi connectivity index (χ4v) is 7.84. The summed E-state index contributed by atoms with van der Waals surface area (Å²) in [5.74, 6) is 0.0207. The number of aryl methyl sites for hydroxylation is 2. The molecule has 0 atom stereocenters. The smallest absolute Gasteiger partial charge is 0.274 e. The Morgan fingerprint density at radius 3 is 2.58 bits per heavy atom. The zero-order valence-corrected chi connectivity index (χ0v) is 27.7. The van der Waals surface area contributed by atoms with Crippen LogP contribution in [0.25, 0.3) is 11.1 Å². The fourth-order valence-electron chi connectivity index (χ4n) is 7.84.